The van der Waals surface area contributed by atoms with Crippen molar-refractivity contribution in [3.63, 3.8) is 0 Å². The van der Waals surface area contributed by atoms with E-state index >= 15 is 0 Å². The third-order valence-electron chi connectivity index (χ3n) is 5.43. The highest BCUT2D eigenvalue weighted by molar-refractivity contribution is 5.89. The normalized spacial score (nSPS) is 12.9. The standard InChI is InChI=1S/C24H27N3O6/c1-14(2)22(23(30)31)27-21(29)12-25-20(28)11-26-24(32)33-13-19-17-9-5-3-7-15(17)16-8-4-6-10-18(16)19/h3-10,14,19,22H,11-13H2,1-2H3,(H,25,28)(H,26,32)(H,27,29)(H,30,31)/t22-/m1/s1. The Morgan fingerprint density at radius 2 is 1.42 bits per heavy atom. The number of fused-ring (bicyclic) bond motifs is 3. The molecule has 0 heterocycles. The number of hydrogen-bond donors (Lipinski definition) is 4. The van der Waals surface area contributed by atoms with Crippen molar-refractivity contribution < 1.29 is 29.0 Å². The first kappa shape index (κ1) is 23.8. The van der Waals surface area contributed by atoms with Crippen molar-refractivity contribution in [3.05, 3.63) is 59.7 Å². The van der Waals surface area contributed by atoms with E-state index in [1.807, 2.05) is 48.5 Å². The van der Waals surface area contributed by atoms with Crippen LogP contribution in [-0.2, 0) is 19.1 Å². The average Bonchev–Trinajstić information content (AvgIpc) is 3.11. The van der Waals surface area contributed by atoms with Gasteiger partial charge in [0.05, 0.1) is 6.54 Å². The minimum atomic E-state index is -1.15. The number of nitrogens with one attached hydrogen (secondary N) is 3. The van der Waals surface area contributed by atoms with E-state index < -0.39 is 36.5 Å². The number of benzene rings is 2. The second kappa shape index (κ2) is 10.6. The van der Waals surface area contributed by atoms with Crippen LogP contribution in [0.5, 0.6) is 0 Å². The number of carboxylic acids is 1. The number of carboxylic acid groups (broad SMARTS) is 1. The zero-order valence-electron chi connectivity index (χ0n) is 18.5. The quantitative estimate of drug-likeness (QED) is 0.458. The maximum Gasteiger partial charge on any atom is 0.407 e. The molecule has 1 aliphatic carbocycles. The molecule has 0 aromatic heterocycles. The predicted octanol–water partition coefficient (Wildman–Crippen LogP) is 1.87. The van der Waals surface area contributed by atoms with E-state index in [4.69, 9.17) is 9.84 Å². The summed E-state index contributed by atoms with van der Waals surface area (Å²) in [4.78, 5) is 47.0. The van der Waals surface area contributed by atoms with E-state index in [2.05, 4.69) is 16.0 Å². The maximum atomic E-state index is 12.1. The number of rotatable bonds is 9. The van der Waals surface area contributed by atoms with Gasteiger partial charge < -0.3 is 25.8 Å². The van der Waals surface area contributed by atoms with Gasteiger partial charge in [-0.05, 0) is 28.2 Å². The number of alkyl carbamates (subject to hydrolysis) is 1. The van der Waals surface area contributed by atoms with Crippen LogP contribution in [0.15, 0.2) is 48.5 Å². The van der Waals surface area contributed by atoms with Crippen molar-refractivity contribution in [2.75, 3.05) is 19.7 Å². The van der Waals surface area contributed by atoms with Crippen LogP contribution in [0.25, 0.3) is 11.1 Å². The SMILES string of the molecule is CC(C)[C@@H](NC(=O)CNC(=O)CNC(=O)OCC1c2ccccc2-c2ccccc21)C(=O)O. The van der Waals surface area contributed by atoms with E-state index in [0.717, 1.165) is 22.3 Å². The summed E-state index contributed by atoms with van der Waals surface area (Å²) in [6.07, 6.45) is -0.748. The topological polar surface area (TPSA) is 134 Å². The first-order chi connectivity index (χ1) is 15.8. The monoisotopic (exact) mass is 453 g/mol. The fourth-order valence-electron chi connectivity index (χ4n) is 3.78. The zero-order valence-corrected chi connectivity index (χ0v) is 18.5. The van der Waals surface area contributed by atoms with E-state index in [-0.39, 0.29) is 25.0 Å². The number of ether oxygens (including phenoxy) is 1. The molecule has 4 N–H and O–H groups in total. The van der Waals surface area contributed by atoms with Crippen LogP contribution in [-0.4, -0.2) is 54.7 Å². The van der Waals surface area contributed by atoms with E-state index in [1.54, 1.807) is 13.8 Å². The fourth-order valence-corrected chi connectivity index (χ4v) is 3.78. The van der Waals surface area contributed by atoms with Gasteiger partial charge in [-0.15, -0.1) is 0 Å². The number of carbonyl (C=O) groups excluding carboxylic acids is 3. The third kappa shape index (κ3) is 5.88. The highest BCUT2D eigenvalue weighted by atomic mass is 16.5. The minimum Gasteiger partial charge on any atom is -0.480 e. The van der Waals surface area contributed by atoms with Crippen LogP contribution in [0.3, 0.4) is 0 Å². The molecule has 0 radical (unpaired) electrons. The smallest absolute Gasteiger partial charge is 0.407 e. The van der Waals surface area contributed by atoms with Gasteiger partial charge in [-0.1, -0.05) is 62.4 Å². The van der Waals surface area contributed by atoms with E-state index in [1.165, 1.54) is 0 Å². The molecule has 0 saturated carbocycles. The molecule has 9 heteroatoms. The van der Waals surface area contributed by atoms with Crippen LogP contribution in [0.1, 0.15) is 30.9 Å². The highest BCUT2D eigenvalue weighted by Gasteiger charge is 2.29. The van der Waals surface area contributed by atoms with E-state index in [9.17, 15) is 19.2 Å². The predicted molar refractivity (Wildman–Crippen MR) is 120 cm³/mol. The number of amides is 3. The Morgan fingerprint density at radius 3 is 1.97 bits per heavy atom. The average molecular weight is 453 g/mol. The van der Waals surface area contributed by atoms with E-state index in [0.29, 0.717) is 0 Å². The minimum absolute atomic E-state index is 0.0937. The number of hydrogen-bond acceptors (Lipinski definition) is 5. The lowest BCUT2D eigenvalue weighted by atomic mass is 9.98. The summed E-state index contributed by atoms with van der Waals surface area (Å²) in [7, 11) is 0. The molecule has 3 rings (SSSR count). The van der Waals surface area contributed by atoms with Crippen molar-refractivity contribution in [2.45, 2.75) is 25.8 Å². The van der Waals surface area contributed by atoms with Crippen molar-refractivity contribution >= 4 is 23.9 Å². The summed E-state index contributed by atoms with van der Waals surface area (Å²) in [5, 5.41) is 16.1. The molecule has 0 unspecified atom stereocenters. The number of aliphatic carboxylic acids is 1. The Kier molecular flexibility index (Phi) is 7.66. The summed E-state index contributed by atoms with van der Waals surface area (Å²) < 4.78 is 5.35. The Bertz CT molecular complexity index is 1010. The molecule has 174 valence electrons. The molecule has 0 spiro atoms. The van der Waals surface area contributed by atoms with Crippen LogP contribution < -0.4 is 16.0 Å². The Hall–Kier alpha value is -3.88. The van der Waals surface area contributed by atoms with Gasteiger partial charge in [0.1, 0.15) is 19.2 Å². The van der Waals surface area contributed by atoms with Crippen LogP contribution >= 0.6 is 0 Å². The van der Waals surface area contributed by atoms with Crippen molar-refractivity contribution in [1.29, 1.82) is 0 Å². The third-order valence-corrected chi connectivity index (χ3v) is 5.43. The van der Waals surface area contributed by atoms with Gasteiger partial charge in [0.25, 0.3) is 0 Å². The van der Waals surface area contributed by atoms with Gasteiger partial charge in [-0.3, -0.25) is 9.59 Å². The van der Waals surface area contributed by atoms with Gasteiger partial charge in [-0.2, -0.15) is 0 Å². The molecule has 9 nitrogen and oxygen atoms in total. The molecular weight excluding hydrogens is 426 g/mol. The molecule has 0 aliphatic heterocycles. The summed E-state index contributed by atoms with van der Waals surface area (Å²) in [6.45, 7) is 2.67. The Morgan fingerprint density at radius 1 is 0.879 bits per heavy atom. The second-order valence-electron chi connectivity index (χ2n) is 8.08. The Balaban J connectivity index is 1.43. The van der Waals surface area contributed by atoms with Gasteiger partial charge >= 0.3 is 12.1 Å². The molecule has 1 atom stereocenters. The summed E-state index contributed by atoms with van der Waals surface area (Å²) >= 11 is 0. The van der Waals surface area contributed by atoms with Gasteiger partial charge in [0, 0.05) is 5.92 Å². The molecule has 0 saturated heterocycles. The largest absolute Gasteiger partial charge is 0.480 e. The summed E-state index contributed by atoms with van der Waals surface area (Å²) in [6, 6.07) is 14.9. The highest BCUT2D eigenvalue weighted by Crippen LogP contribution is 2.44. The molecule has 2 aromatic carbocycles. The molecule has 33 heavy (non-hydrogen) atoms. The molecule has 1 aliphatic rings. The lowest BCUT2D eigenvalue weighted by molar-refractivity contribution is -0.143. The van der Waals surface area contributed by atoms with Crippen LogP contribution in [0, 0.1) is 5.92 Å². The molecule has 3 amide bonds. The number of carbonyl (C=O) groups is 4. The van der Waals surface area contributed by atoms with Gasteiger partial charge in [0.15, 0.2) is 0 Å². The van der Waals surface area contributed by atoms with Crippen LogP contribution in [0.4, 0.5) is 4.79 Å². The van der Waals surface area contributed by atoms with Crippen molar-refractivity contribution in [1.82, 2.24) is 16.0 Å². The first-order valence-electron chi connectivity index (χ1n) is 10.7. The van der Waals surface area contributed by atoms with Crippen molar-refractivity contribution in [3.8, 4) is 11.1 Å². The first-order valence-corrected chi connectivity index (χ1v) is 10.7. The second-order valence-corrected chi connectivity index (χ2v) is 8.08. The maximum absolute atomic E-state index is 12.1. The molecule has 0 bridgehead atoms. The summed E-state index contributed by atoms with van der Waals surface area (Å²) in [5.41, 5.74) is 4.39. The molecular formula is C24H27N3O6. The Labute approximate surface area is 191 Å². The zero-order chi connectivity index (χ0) is 24.0. The van der Waals surface area contributed by atoms with Crippen molar-refractivity contribution in [2.24, 2.45) is 5.92 Å². The summed E-state index contributed by atoms with van der Waals surface area (Å²) in [5.74, 6) is -2.79. The van der Waals surface area contributed by atoms with Gasteiger partial charge in [-0.25, -0.2) is 9.59 Å². The lowest BCUT2D eigenvalue weighted by Crippen LogP contribution is -2.49. The molecule has 0 fully saturated rings. The van der Waals surface area contributed by atoms with Gasteiger partial charge in [0.2, 0.25) is 11.8 Å². The van der Waals surface area contributed by atoms with Crippen LogP contribution in [0.2, 0.25) is 0 Å². The fraction of sp³-hybridized carbons (Fsp3) is 0.333. The molecule has 2 aromatic rings. The lowest BCUT2D eigenvalue weighted by Gasteiger charge is -2.18.